The number of rotatable bonds is 3. The Morgan fingerprint density at radius 3 is 2.58 bits per heavy atom. The molecule has 0 atom stereocenters. The Balaban J connectivity index is 2.43. The number of nitrogen functional groups attached to an aromatic ring is 1. The van der Waals surface area contributed by atoms with E-state index in [9.17, 15) is 9.18 Å². The molecule has 0 aromatic heterocycles. The molecule has 0 aliphatic rings. The van der Waals surface area contributed by atoms with Gasteiger partial charge in [0.2, 0.25) is 0 Å². The lowest BCUT2D eigenvalue weighted by Crippen LogP contribution is -2.04. The predicted octanol–water partition coefficient (Wildman–Crippen LogP) is 3.66. The third-order valence-corrected chi connectivity index (χ3v) is 3.05. The third-order valence-electron chi connectivity index (χ3n) is 2.39. The Bertz CT molecular complexity index is 646. The summed E-state index contributed by atoms with van der Waals surface area (Å²) in [6, 6.07) is 8.83. The highest BCUT2D eigenvalue weighted by Crippen LogP contribution is 2.32. The SMILES string of the molecule is Nc1cc(F)c(Oc2ccccc2Br)cc1C(=O)O. The van der Waals surface area contributed by atoms with Gasteiger partial charge in [0, 0.05) is 17.8 Å². The number of carboxylic acid groups (broad SMARTS) is 1. The zero-order valence-corrected chi connectivity index (χ0v) is 11.1. The Kier molecular flexibility index (Phi) is 3.71. The van der Waals surface area contributed by atoms with E-state index < -0.39 is 11.8 Å². The minimum Gasteiger partial charge on any atom is -0.478 e. The molecule has 0 aliphatic carbocycles. The first-order valence-electron chi connectivity index (χ1n) is 5.23. The van der Waals surface area contributed by atoms with Gasteiger partial charge in [-0.1, -0.05) is 12.1 Å². The van der Waals surface area contributed by atoms with E-state index in [4.69, 9.17) is 15.6 Å². The van der Waals surface area contributed by atoms with Crippen LogP contribution in [0.1, 0.15) is 10.4 Å². The maximum atomic E-state index is 13.7. The van der Waals surface area contributed by atoms with Crippen LogP contribution in [0.3, 0.4) is 0 Å². The lowest BCUT2D eigenvalue weighted by atomic mass is 10.1. The lowest BCUT2D eigenvalue weighted by Gasteiger charge is -2.10. The van der Waals surface area contributed by atoms with E-state index in [0.29, 0.717) is 10.2 Å². The molecule has 0 saturated carbocycles. The largest absolute Gasteiger partial charge is 0.478 e. The van der Waals surface area contributed by atoms with E-state index in [1.54, 1.807) is 24.3 Å². The van der Waals surface area contributed by atoms with Gasteiger partial charge in [-0.3, -0.25) is 0 Å². The normalized spacial score (nSPS) is 10.2. The highest BCUT2D eigenvalue weighted by molar-refractivity contribution is 9.10. The second kappa shape index (κ2) is 5.27. The molecule has 0 unspecified atom stereocenters. The molecule has 0 saturated heterocycles. The first-order valence-corrected chi connectivity index (χ1v) is 6.03. The monoisotopic (exact) mass is 325 g/mol. The van der Waals surface area contributed by atoms with Gasteiger partial charge < -0.3 is 15.6 Å². The maximum absolute atomic E-state index is 13.7. The summed E-state index contributed by atoms with van der Waals surface area (Å²) in [6.45, 7) is 0. The highest BCUT2D eigenvalue weighted by atomic mass is 79.9. The molecule has 3 N–H and O–H groups in total. The van der Waals surface area contributed by atoms with Crippen LogP contribution in [0.4, 0.5) is 10.1 Å². The first kappa shape index (κ1) is 13.4. The molecule has 0 aliphatic heterocycles. The third kappa shape index (κ3) is 2.85. The number of nitrogens with two attached hydrogens (primary N) is 1. The lowest BCUT2D eigenvalue weighted by molar-refractivity contribution is 0.0697. The summed E-state index contributed by atoms with van der Waals surface area (Å²) in [5.41, 5.74) is 5.08. The second-order valence-electron chi connectivity index (χ2n) is 3.71. The van der Waals surface area contributed by atoms with Crippen LogP contribution in [0.2, 0.25) is 0 Å². The van der Waals surface area contributed by atoms with E-state index >= 15 is 0 Å². The summed E-state index contributed by atoms with van der Waals surface area (Å²) in [4.78, 5) is 10.9. The number of carbonyl (C=O) groups is 1. The molecule has 0 bridgehead atoms. The Morgan fingerprint density at radius 1 is 1.26 bits per heavy atom. The van der Waals surface area contributed by atoms with Crippen LogP contribution in [0.25, 0.3) is 0 Å². The summed E-state index contributed by atoms with van der Waals surface area (Å²) in [6.07, 6.45) is 0. The molecular weight excluding hydrogens is 317 g/mol. The number of hydrogen-bond acceptors (Lipinski definition) is 3. The highest BCUT2D eigenvalue weighted by Gasteiger charge is 2.15. The number of carboxylic acids is 1. The van der Waals surface area contributed by atoms with Gasteiger partial charge >= 0.3 is 5.97 Å². The second-order valence-corrected chi connectivity index (χ2v) is 4.56. The fourth-order valence-corrected chi connectivity index (χ4v) is 1.84. The molecule has 2 aromatic carbocycles. The summed E-state index contributed by atoms with van der Waals surface area (Å²) in [7, 11) is 0. The van der Waals surface area contributed by atoms with Crippen molar-refractivity contribution >= 4 is 27.6 Å². The van der Waals surface area contributed by atoms with Crippen molar-refractivity contribution in [3.05, 3.63) is 52.3 Å². The maximum Gasteiger partial charge on any atom is 0.337 e. The van der Waals surface area contributed by atoms with E-state index in [0.717, 1.165) is 12.1 Å². The number of benzene rings is 2. The van der Waals surface area contributed by atoms with Crippen molar-refractivity contribution in [1.29, 1.82) is 0 Å². The van der Waals surface area contributed by atoms with Crippen molar-refractivity contribution < 1.29 is 19.0 Å². The zero-order chi connectivity index (χ0) is 14.0. The van der Waals surface area contributed by atoms with Gasteiger partial charge in [-0.05, 0) is 28.1 Å². The average molecular weight is 326 g/mol. The van der Waals surface area contributed by atoms with Crippen LogP contribution in [0.15, 0.2) is 40.9 Å². The molecule has 0 spiro atoms. The van der Waals surface area contributed by atoms with Crippen molar-refractivity contribution in [3.8, 4) is 11.5 Å². The number of hydrogen-bond donors (Lipinski definition) is 2. The first-order chi connectivity index (χ1) is 8.99. The van der Waals surface area contributed by atoms with Crippen LogP contribution in [-0.4, -0.2) is 11.1 Å². The minimum absolute atomic E-state index is 0.149. The van der Waals surface area contributed by atoms with Crippen LogP contribution in [-0.2, 0) is 0 Å². The predicted molar refractivity (Wildman–Crippen MR) is 72.0 cm³/mol. The Labute approximate surface area is 116 Å². The van der Waals surface area contributed by atoms with Gasteiger partial charge in [0.1, 0.15) is 5.75 Å². The van der Waals surface area contributed by atoms with Gasteiger partial charge in [-0.25, -0.2) is 9.18 Å². The van der Waals surface area contributed by atoms with Crippen molar-refractivity contribution in [2.45, 2.75) is 0 Å². The molecule has 0 amide bonds. The molecule has 0 fully saturated rings. The molecule has 4 nitrogen and oxygen atoms in total. The van der Waals surface area contributed by atoms with Crippen LogP contribution in [0, 0.1) is 5.82 Å². The molecule has 6 heteroatoms. The van der Waals surface area contributed by atoms with Gasteiger partial charge in [0.05, 0.1) is 10.0 Å². The number of halogens is 2. The quantitative estimate of drug-likeness (QED) is 0.844. The van der Waals surface area contributed by atoms with E-state index in [1.165, 1.54) is 0 Å². The standard InChI is InChI=1S/C13H9BrFNO3/c14-8-3-1-2-4-11(8)19-12-5-7(13(17)18)10(16)6-9(12)15/h1-6H,16H2,(H,17,18). The molecular formula is C13H9BrFNO3. The topological polar surface area (TPSA) is 72.5 Å². The fourth-order valence-electron chi connectivity index (χ4n) is 1.48. The van der Waals surface area contributed by atoms with Gasteiger partial charge in [0.15, 0.2) is 11.6 Å². The molecule has 0 radical (unpaired) electrons. The van der Waals surface area contributed by atoms with Crippen molar-refractivity contribution in [2.75, 3.05) is 5.73 Å². The number of para-hydroxylation sites is 1. The van der Waals surface area contributed by atoms with E-state index in [2.05, 4.69) is 15.9 Å². The zero-order valence-electron chi connectivity index (χ0n) is 9.56. The smallest absolute Gasteiger partial charge is 0.337 e. The van der Waals surface area contributed by atoms with Gasteiger partial charge in [-0.2, -0.15) is 0 Å². The number of anilines is 1. The molecule has 2 rings (SSSR count). The summed E-state index contributed by atoms with van der Waals surface area (Å²) >= 11 is 3.25. The van der Waals surface area contributed by atoms with Crippen LogP contribution in [0.5, 0.6) is 11.5 Å². The summed E-state index contributed by atoms with van der Waals surface area (Å²) < 4.78 is 19.7. The van der Waals surface area contributed by atoms with Gasteiger partial charge in [-0.15, -0.1) is 0 Å². The molecule has 2 aromatic rings. The molecule has 98 valence electrons. The Morgan fingerprint density at radius 2 is 1.95 bits per heavy atom. The van der Waals surface area contributed by atoms with Crippen LogP contribution >= 0.6 is 15.9 Å². The summed E-state index contributed by atoms with van der Waals surface area (Å²) in [5, 5.41) is 8.93. The van der Waals surface area contributed by atoms with Crippen LogP contribution < -0.4 is 10.5 Å². The van der Waals surface area contributed by atoms with E-state index in [1.807, 2.05) is 0 Å². The minimum atomic E-state index is -1.24. The van der Waals surface area contributed by atoms with Crippen molar-refractivity contribution in [2.24, 2.45) is 0 Å². The fraction of sp³-hybridized carbons (Fsp3) is 0. The summed E-state index contributed by atoms with van der Waals surface area (Å²) in [5.74, 6) is -1.78. The number of ether oxygens (including phenoxy) is 1. The Hall–Kier alpha value is -2.08. The van der Waals surface area contributed by atoms with Gasteiger partial charge in [0.25, 0.3) is 0 Å². The van der Waals surface area contributed by atoms with E-state index in [-0.39, 0.29) is 17.0 Å². The molecule has 19 heavy (non-hydrogen) atoms. The number of aromatic carboxylic acids is 1. The van der Waals surface area contributed by atoms with Crippen molar-refractivity contribution in [1.82, 2.24) is 0 Å². The average Bonchev–Trinajstić information content (AvgIpc) is 2.34. The molecule has 0 heterocycles. The van der Waals surface area contributed by atoms with Crippen molar-refractivity contribution in [3.63, 3.8) is 0 Å².